The molecule has 98 valence electrons. The summed E-state index contributed by atoms with van der Waals surface area (Å²) in [6, 6.07) is 9.10. The molecular formula is C14H13NO4. The Morgan fingerprint density at radius 3 is 2.68 bits per heavy atom. The highest BCUT2D eigenvalue weighted by molar-refractivity contribution is 6.10. The molecule has 1 aliphatic rings. The first-order valence-electron chi connectivity index (χ1n) is 5.70. The summed E-state index contributed by atoms with van der Waals surface area (Å²) in [6.07, 6.45) is 2.50. The zero-order chi connectivity index (χ0) is 13.9. The van der Waals surface area contributed by atoms with E-state index in [4.69, 9.17) is 4.74 Å². The third-order valence-corrected chi connectivity index (χ3v) is 2.70. The minimum Gasteiger partial charge on any atom is -0.466 e. The number of carbonyl (C=O) groups excluding carboxylic acids is 2. The van der Waals surface area contributed by atoms with E-state index in [9.17, 15) is 9.59 Å². The number of methoxy groups -OCH3 is 1. The van der Waals surface area contributed by atoms with Crippen molar-refractivity contribution in [2.45, 2.75) is 12.5 Å². The molecule has 5 heteroatoms. The molecule has 1 heterocycles. The largest absolute Gasteiger partial charge is 0.466 e. The van der Waals surface area contributed by atoms with Gasteiger partial charge in [-0.25, -0.2) is 4.79 Å². The molecule has 0 aliphatic carbocycles. The van der Waals surface area contributed by atoms with E-state index in [0.29, 0.717) is 5.56 Å². The number of esters is 1. The highest BCUT2D eigenvalue weighted by atomic mass is 16.5. The number of amides is 1. The van der Waals surface area contributed by atoms with Gasteiger partial charge in [0.15, 0.2) is 0 Å². The Labute approximate surface area is 110 Å². The van der Waals surface area contributed by atoms with E-state index in [-0.39, 0.29) is 5.90 Å². The number of benzene rings is 1. The van der Waals surface area contributed by atoms with Gasteiger partial charge < -0.3 is 9.47 Å². The van der Waals surface area contributed by atoms with Crippen LogP contribution in [-0.4, -0.2) is 30.5 Å². The minimum atomic E-state index is -1.26. The average molecular weight is 259 g/mol. The normalized spacial score (nSPS) is 22.2. The molecule has 0 N–H and O–H groups in total. The topological polar surface area (TPSA) is 65.0 Å². The highest BCUT2D eigenvalue weighted by Crippen LogP contribution is 2.24. The Kier molecular flexibility index (Phi) is 3.46. The SMILES string of the molecule is COC(=O)/C=C\[C@@]1(C)OC(c2ccccc2)=NC1=O. The number of ether oxygens (including phenoxy) is 2. The molecule has 0 bridgehead atoms. The van der Waals surface area contributed by atoms with E-state index in [2.05, 4.69) is 9.73 Å². The molecule has 0 radical (unpaired) electrons. The molecule has 1 amide bonds. The molecule has 5 nitrogen and oxygen atoms in total. The quantitative estimate of drug-likeness (QED) is 0.609. The number of rotatable bonds is 3. The van der Waals surface area contributed by atoms with Crippen molar-refractivity contribution in [3.05, 3.63) is 48.0 Å². The van der Waals surface area contributed by atoms with Gasteiger partial charge in [-0.1, -0.05) is 18.2 Å². The lowest BCUT2D eigenvalue weighted by molar-refractivity contribution is -0.134. The van der Waals surface area contributed by atoms with Crippen molar-refractivity contribution in [1.82, 2.24) is 0 Å². The van der Waals surface area contributed by atoms with Crippen LogP contribution in [0, 0.1) is 0 Å². The molecule has 1 atom stereocenters. The van der Waals surface area contributed by atoms with Crippen molar-refractivity contribution < 1.29 is 19.1 Å². The second-order valence-electron chi connectivity index (χ2n) is 4.15. The van der Waals surface area contributed by atoms with Gasteiger partial charge in [0.2, 0.25) is 11.5 Å². The van der Waals surface area contributed by atoms with Crippen molar-refractivity contribution in [2.24, 2.45) is 4.99 Å². The van der Waals surface area contributed by atoms with Crippen LogP contribution in [0.2, 0.25) is 0 Å². The first kappa shape index (κ1) is 13.0. The molecule has 19 heavy (non-hydrogen) atoms. The lowest BCUT2D eigenvalue weighted by Crippen LogP contribution is -2.31. The Morgan fingerprint density at radius 2 is 2.05 bits per heavy atom. The summed E-state index contributed by atoms with van der Waals surface area (Å²) in [5.74, 6) is -0.750. The van der Waals surface area contributed by atoms with E-state index < -0.39 is 17.5 Å². The van der Waals surface area contributed by atoms with Crippen LogP contribution in [0.4, 0.5) is 0 Å². The van der Waals surface area contributed by atoms with Gasteiger partial charge in [0, 0.05) is 11.6 Å². The second kappa shape index (κ2) is 5.06. The zero-order valence-electron chi connectivity index (χ0n) is 10.6. The number of carbonyl (C=O) groups is 2. The van der Waals surface area contributed by atoms with Gasteiger partial charge in [-0.05, 0) is 25.1 Å². The Morgan fingerprint density at radius 1 is 1.37 bits per heavy atom. The molecule has 2 rings (SSSR count). The monoisotopic (exact) mass is 259 g/mol. The van der Waals surface area contributed by atoms with Crippen molar-refractivity contribution in [3.8, 4) is 0 Å². The molecule has 0 fully saturated rings. The maximum atomic E-state index is 11.9. The molecular weight excluding hydrogens is 246 g/mol. The molecule has 0 spiro atoms. The van der Waals surface area contributed by atoms with Crippen LogP contribution in [-0.2, 0) is 19.1 Å². The van der Waals surface area contributed by atoms with E-state index in [1.54, 1.807) is 19.1 Å². The Bertz CT molecular complexity index is 562. The fourth-order valence-corrected chi connectivity index (χ4v) is 1.58. The molecule has 1 aliphatic heterocycles. The van der Waals surface area contributed by atoms with Crippen LogP contribution >= 0.6 is 0 Å². The second-order valence-corrected chi connectivity index (χ2v) is 4.15. The van der Waals surface area contributed by atoms with Crippen LogP contribution in [0.15, 0.2) is 47.5 Å². The fraction of sp³-hybridized carbons (Fsp3) is 0.214. The predicted octanol–water partition coefficient (Wildman–Crippen LogP) is 1.48. The van der Waals surface area contributed by atoms with Crippen LogP contribution in [0.3, 0.4) is 0 Å². The lowest BCUT2D eigenvalue weighted by atomic mass is 10.1. The lowest BCUT2D eigenvalue weighted by Gasteiger charge is -2.17. The fourth-order valence-electron chi connectivity index (χ4n) is 1.58. The van der Waals surface area contributed by atoms with Crippen molar-refractivity contribution in [3.63, 3.8) is 0 Å². The third-order valence-electron chi connectivity index (χ3n) is 2.70. The number of hydrogen-bond acceptors (Lipinski definition) is 4. The van der Waals surface area contributed by atoms with Crippen LogP contribution in [0.5, 0.6) is 0 Å². The van der Waals surface area contributed by atoms with Gasteiger partial charge in [-0.3, -0.25) is 4.79 Å². The van der Waals surface area contributed by atoms with Gasteiger partial charge >= 0.3 is 5.97 Å². The van der Waals surface area contributed by atoms with E-state index in [1.807, 2.05) is 18.2 Å². The van der Waals surface area contributed by atoms with E-state index in [1.165, 1.54) is 13.2 Å². The molecule has 1 aromatic carbocycles. The maximum absolute atomic E-state index is 11.9. The summed E-state index contributed by atoms with van der Waals surface area (Å²) in [5.41, 5.74) is -0.551. The molecule has 0 aromatic heterocycles. The molecule has 0 unspecified atom stereocenters. The number of hydrogen-bond donors (Lipinski definition) is 0. The summed E-state index contributed by atoms with van der Waals surface area (Å²) in [7, 11) is 1.26. The van der Waals surface area contributed by atoms with Crippen molar-refractivity contribution >= 4 is 17.8 Å². The molecule has 1 aromatic rings. The summed E-state index contributed by atoms with van der Waals surface area (Å²) in [5, 5.41) is 0. The van der Waals surface area contributed by atoms with Crippen molar-refractivity contribution in [1.29, 1.82) is 0 Å². The van der Waals surface area contributed by atoms with Gasteiger partial charge in [-0.2, -0.15) is 4.99 Å². The molecule has 0 saturated carbocycles. The first-order chi connectivity index (χ1) is 9.05. The zero-order valence-corrected chi connectivity index (χ0v) is 10.6. The average Bonchev–Trinajstić information content (AvgIpc) is 2.74. The number of nitrogens with zero attached hydrogens (tertiary/aromatic N) is 1. The Hall–Kier alpha value is -2.43. The van der Waals surface area contributed by atoms with E-state index in [0.717, 1.165) is 6.08 Å². The summed E-state index contributed by atoms with van der Waals surface area (Å²) in [4.78, 5) is 26.8. The summed E-state index contributed by atoms with van der Waals surface area (Å²) >= 11 is 0. The van der Waals surface area contributed by atoms with Gasteiger partial charge in [-0.15, -0.1) is 0 Å². The number of aliphatic imine (C=N–C) groups is 1. The summed E-state index contributed by atoms with van der Waals surface area (Å²) < 4.78 is 10.0. The summed E-state index contributed by atoms with van der Waals surface area (Å²) in [6.45, 7) is 1.55. The third kappa shape index (κ3) is 2.70. The van der Waals surface area contributed by atoms with Crippen LogP contribution in [0.25, 0.3) is 0 Å². The van der Waals surface area contributed by atoms with E-state index >= 15 is 0 Å². The van der Waals surface area contributed by atoms with Gasteiger partial charge in [0.25, 0.3) is 5.91 Å². The van der Waals surface area contributed by atoms with Crippen LogP contribution in [0.1, 0.15) is 12.5 Å². The minimum absolute atomic E-state index is 0.252. The Balaban J connectivity index is 2.20. The van der Waals surface area contributed by atoms with Gasteiger partial charge in [0.05, 0.1) is 7.11 Å². The van der Waals surface area contributed by atoms with Crippen molar-refractivity contribution in [2.75, 3.05) is 7.11 Å². The highest BCUT2D eigenvalue weighted by Gasteiger charge is 2.40. The smallest absolute Gasteiger partial charge is 0.330 e. The van der Waals surface area contributed by atoms with Crippen LogP contribution < -0.4 is 0 Å². The van der Waals surface area contributed by atoms with Gasteiger partial charge in [0.1, 0.15) is 0 Å². The first-order valence-corrected chi connectivity index (χ1v) is 5.70. The standard InChI is InChI=1S/C14H13NO4/c1-14(9-8-11(16)18-2)13(17)15-12(19-14)10-6-4-3-5-7-10/h3-9H,1-2H3/b9-8-/t14-/m1/s1. The predicted molar refractivity (Wildman–Crippen MR) is 68.6 cm³/mol. The molecule has 0 saturated heterocycles. The maximum Gasteiger partial charge on any atom is 0.330 e.